The second-order valence-electron chi connectivity index (χ2n) is 8.70. The summed E-state index contributed by atoms with van der Waals surface area (Å²) in [6.07, 6.45) is 1.54. The SMILES string of the molecule is O=C1NCCC1C(=O)NCC1c2ccccc2CCN1CCOc1cccc2ccccc12. The summed E-state index contributed by atoms with van der Waals surface area (Å²) in [4.78, 5) is 26.9. The Morgan fingerprint density at radius 3 is 2.76 bits per heavy atom. The third-order valence-electron chi connectivity index (χ3n) is 6.74. The Balaban J connectivity index is 1.27. The van der Waals surface area contributed by atoms with Crippen LogP contribution in [0, 0.1) is 5.92 Å². The second-order valence-corrected chi connectivity index (χ2v) is 8.70. The van der Waals surface area contributed by atoms with E-state index >= 15 is 0 Å². The lowest BCUT2D eigenvalue weighted by Gasteiger charge is -2.37. The average Bonchev–Trinajstić information content (AvgIpc) is 3.29. The topological polar surface area (TPSA) is 70.7 Å². The predicted molar refractivity (Wildman–Crippen MR) is 128 cm³/mol. The Hall–Kier alpha value is -3.38. The number of nitrogens with zero attached hydrogens (tertiary/aromatic N) is 1. The van der Waals surface area contributed by atoms with Gasteiger partial charge in [-0.05, 0) is 35.4 Å². The second kappa shape index (κ2) is 9.63. The molecule has 6 nitrogen and oxygen atoms in total. The Morgan fingerprint density at radius 2 is 1.88 bits per heavy atom. The first-order valence-electron chi connectivity index (χ1n) is 11.7. The average molecular weight is 444 g/mol. The molecule has 0 saturated carbocycles. The van der Waals surface area contributed by atoms with E-state index in [2.05, 4.69) is 51.9 Å². The summed E-state index contributed by atoms with van der Waals surface area (Å²) in [6, 6.07) is 22.8. The van der Waals surface area contributed by atoms with Gasteiger partial charge < -0.3 is 15.4 Å². The van der Waals surface area contributed by atoms with Crippen molar-refractivity contribution in [2.45, 2.75) is 18.9 Å². The first kappa shape index (κ1) is 21.5. The van der Waals surface area contributed by atoms with Gasteiger partial charge >= 0.3 is 0 Å². The molecule has 5 rings (SSSR count). The summed E-state index contributed by atoms with van der Waals surface area (Å²) in [7, 11) is 0. The summed E-state index contributed by atoms with van der Waals surface area (Å²) in [5.74, 6) is -0.0357. The molecule has 0 radical (unpaired) electrons. The van der Waals surface area contributed by atoms with Crippen LogP contribution in [-0.2, 0) is 16.0 Å². The molecule has 2 aliphatic rings. The third kappa shape index (κ3) is 4.57. The molecule has 6 heteroatoms. The van der Waals surface area contributed by atoms with Gasteiger partial charge in [-0.1, -0.05) is 60.7 Å². The molecule has 0 spiro atoms. The zero-order valence-corrected chi connectivity index (χ0v) is 18.6. The number of benzene rings is 3. The molecule has 2 N–H and O–H groups in total. The van der Waals surface area contributed by atoms with Gasteiger partial charge in [-0.2, -0.15) is 0 Å². The van der Waals surface area contributed by atoms with Crippen molar-refractivity contribution in [3.8, 4) is 5.75 Å². The molecule has 0 bridgehead atoms. The highest BCUT2D eigenvalue weighted by Gasteiger charge is 2.33. The van der Waals surface area contributed by atoms with Crippen molar-refractivity contribution in [2.24, 2.45) is 5.92 Å². The Labute approximate surface area is 193 Å². The maximum Gasteiger partial charge on any atom is 0.232 e. The molecule has 3 aromatic rings. The van der Waals surface area contributed by atoms with E-state index in [-0.39, 0.29) is 17.9 Å². The quantitative estimate of drug-likeness (QED) is 0.551. The lowest BCUT2D eigenvalue weighted by molar-refractivity contribution is -0.133. The van der Waals surface area contributed by atoms with Gasteiger partial charge in [0.25, 0.3) is 0 Å². The van der Waals surface area contributed by atoms with Crippen molar-refractivity contribution in [3.63, 3.8) is 0 Å². The summed E-state index contributed by atoms with van der Waals surface area (Å²) in [5, 5.41) is 8.07. The molecular formula is C27H29N3O3. The summed E-state index contributed by atoms with van der Waals surface area (Å²) < 4.78 is 6.20. The molecule has 2 aliphatic heterocycles. The fraction of sp³-hybridized carbons (Fsp3) is 0.333. The minimum Gasteiger partial charge on any atom is -0.492 e. The van der Waals surface area contributed by atoms with E-state index in [9.17, 15) is 9.59 Å². The highest BCUT2D eigenvalue weighted by atomic mass is 16.5. The van der Waals surface area contributed by atoms with Gasteiger partial charge in [0, 0.05) is 31.6 Å². The molecule has 3 aromatic carbocycles. The molecule has 0 aromatic heterocycles. The molecule has 2 amide bonds. The van der Waals surface area contributed by atoms with Crippen LogP contribution in [0.2, 0.25) is 0 Å². The van der Waals surface area contributed by atoms with Gasteiger partial charge in [0.1, 0.15) is 18.3 Å². The number of rotatable bonds is 7. The minimum atomic E-state index is -0.577. The predicted octanol–water partition coefficient (Wildman–Crippen LogP) is 3.07. The fourth-order valence-corrected chi connectivity index (χ4v) is 4.97. The highest BCUT2D eigenvalue weighted by Crippen LogP contribution is 2.30. The molecule has 0 aliphatic carbocycles. The zero-order valence-electron chi connectivity index (χ0n) is 18.6. The third-order valence-corrected chi connectivity index (χ3v) is 6.74. The zero-order chi connectivity index (χ0) is 22.6. The normalized spacial score (nSPS) is 20.3. The number of ether oxygens (including phenoxy) is 1. The first-order valence-corrected chi connectivity index (χ1v) is 11.7. The van der Waals surface area contributed by atoms with Crippen molar-refractivity contribution >= 4 is 22.6 Å². The summed E-state index contributed by atoms with van der Waals surface area (Å²) >= 11 is 0. The number of hydrogen-bond donors (Lipinski definition) is 2. The van der Waals surface area contributed by atoms with Crippen LogP contribution in [0.25, 0.3) is 10.8 Å². The van der Waals surface area contributed by atoms with E-state index in [0.717, 1.165) is 30.6 Å². The lowest BCUT2D eigenvalue weighted by Crippen LogP contribution is -2.45. The largest absolute Gasteiger partial charge is 0.492 e. The van der Waals surface area contributed by atoms with Crippen molar-refractivity contribution in [3.05, 3.63) is 77.9 Å². The number of fused-ring (bicyclic) bond motifs is 2. The van der Waals surface area contributed by atoms with Gasteiger partial charge in [-0.15, -0.1) is 0 Å². The van der Waals surface area contributed by atoms with Crippen LogP contribution >= 0.6 is 0 Å². The number of nitrogens with one attached hydrogen (secondary N) is 2. The van der Waals surface area contributed by atoms with Gasteiger partial charge in [-0.3, -0.25) is 14.5 Å². The molecule has 1 fully saturated rings. The first-order chi connectivity index (χ1) is 16.2. The maximum atomic E-state index is 12.6. The molecule has 2 unspecified atom stereocenters. The van der Waals surface area contributed by atoms with E-state index in [1.165, 1.54) is 16.5 Å². The standard InChI is InChI=1S/C27H29N3O3/c31-26-23(12-14-28-26)27(32)29-18-24-21-9-3-1-7-20(21)13-15-30(24)16-17-33-25-11-5-8-19-6-2-4-10-22(19)25/h1-11,23-24H,12-18H2,(H,28,31)(H,29,32). The highest BCUT2D eigenvalue weighted by molar-refractivity contribution is 6.01. The van der Waals surface area contributed by atoms with Crippen LogP contribution in [0.15, 0.2) is 66.7 Å². The van der Waals surface area contributed by atoms with Crippen LogP contribution in [0.5, 0.6) is 5.75 Å². The number of hydrogen-bond acceptors (Lipinski definition) is 4. The number of carbonyl (C=O) groups excluding carboxylic acids is 2. The molecule has 2 heterocycles. The van der Waals surface area contributed by atoms with Crippen LogP contribution in [0.4, 0.5) is 0 Å². The molecule has 33 heavy (non-hydrogen) atoms. The summed E-state index contributed by atoms with van der Waals surface area (Å²) in [5.41, 5.74) is 2.56. The van der Waals surface area contributed by atoms with Gasteiger partial charge in [0.15, 0.2) is 0 Å². The van der Waals surface area contributed by atoms with Crippen LogP contribution in [0.1, 0.15) is 23.6 Å². The van der Waals surface area contributed by atoms with Crippen LogP contribution < -0.4 is 15.4 Å². The van der Waals surface area contributed by atoms with Crippen molar-refractivity contribution in [1.82, 2.24) is 15.5 Å². The van der Waals surface area contributed by atoms with Gasteiger partial charge in [0.05, 0.1) is 6.04 Å². The minimum absolute atomic E-state index is 0.0551. The van der Waals surface area contributed by atoms with Crippen molar-refractivity contribution in [2.75, 3.05) is 32.8 Å². The van der Waals surface area contributed by atoms with E-state index in [0.29, 0.717) is 26.1 Å². The fourth-order valence-electron chi connectivity index (χ4n) is 4.97. The molecule has 2 atom stereocenters. The molecule has 1 saturated heterocycles. The Kier molecular flexibility index (Phi) is 6.26. The van der Waals surface area contributed by atoms with E-state index < -0.39 is 5.92 Å². The number of amides is 2. The van der Waals surface area contributed by atoms with Gasteiger partial charge in [-0.25, -0.2) is 0 Å². The molecular weight excluding hydrogens is 414 g/mol. The smallest absolute Gasteiger partial charge is 0.232 e. The van der Waals surface area contributed by atoms with E-state index in [1.54, 1.807) is 0 Å². The maximum absolute atomic E-state index is 12.6. The van der Waals surface area contributed by atoms with Gasteiger partial charge in [0.2, 0.25) is 11.8 Å². The van der Waals surface area contributed by atoms with E-state index in [1.807, 2.05) is 30.3 Å². The van der Waals surface area contributed by atoms with Crippen molar-refractivity contribution < 1.29 is 14.3 Å². The van der Waals surface area contributed by atoms with E-state index in [4.69, 9.17) is 4.74 Å². The van der Waals surface area contributed by atoms with Crippen molar-refractivity contribution in [1.29, 1.82) is 0 Å². The monoisotopic (exact) mass is 443 g/mol. The Bertz CT molecular complexity index is 1160. The lowest BCUT2D eigenvalue weighted by atomic mass is 9.92. The number of carbonyl (C=O) groups is 2. The van der Waals surface area contributed by atoms with Crippen LogP contribution in [0.3, 0.4) is 0 Å². The molecule has 170 valence electrons. The van der Waals surface area contributed by atoms with Crippen LogP contribution in [-0.4, -0.2) is 49.5 Å². The Morgan fingerprint density at radius 1 is 1.06 bits per heavy atom. The summed E-state index contributed by atoms with van der Waals surface area (Å²) in [6.45, 7) is 3.27.